The number of hydrogen-bond donors (Lipinski definition) is 2. The molecule has 0 saturated carbocycles. The smallest absolute Gasteiger partial charge is 0.255 e. The first kappa shape index (κ1) is 23.5. The fourth-order valence-corrected chi connectivity index (χ4v) is 5.02. The SMILES string of the molecule is COc1ccc([C@H]2CC(=O)C3=C(C2)NC(C)=C(C(=O)Nc2ccc(C)cn2)[C@H]3c2ccccn2)cc1. The van der Waals surface area contributed by atoms with E-state index in [-0.39, 0.29) is 17.6 Å². The molecule has 3 aromatic rings. The molecule has 0 unspecified atom stereocenters. The normalized spacial score (nSPS) is 19.5. The number of carbonyl (C=O) groups excluding carboxylic acids is 2. The lowest BCUT2D eigenvalue weighted by Gasteiger charge is -2.36. The highest BCUT2D eigenvalue weighted by molar-refractivity contribution is 6.09. The van der Waals surface area contributed by atoms with Gasteiger partial charge >= 0.3 is 0 Å². The number of aromatic nitrogens is 2. The molecule has 1 aliphatic carbocycles. The van der Waals surface area contributed by atoms with Gasteiger partial charge in [-0.15, -0.1) is 0 Å². The van der Waals surface area contributed by atoms with E-state index in [1.54, 1.807) is 25.6 Å². The highest BCUT2D eigenvalue weighted by Gasteiger charge is 2.41. The maximum absolute atomic E-state index is 13.7. The van der Waals surface area contributed by atoms with Crippen LogP contribution >= 0.6 is 0 Å². The molecular formula is C29H28N4O3. The summed E-state index contributed by atoms with van der Waals surface area (Å²) in [6.07, 6.45) is 4.43. The molecule has 2 atom stereocenters. The van der Waals surface area contributed by atoms with Gasteiger partial charge in [0.2, 0.25) is 0 Å². The predicted octanol–water partition coefficient (Wildman–Crippen LogP) is 4.79. The van der Waals surface area contributed by atoms with Crippen molar-refractivity contribution < 1.29 is 14.3 Å². The first-order valence-corrected chi connectivity index (χ1v) is 12.0. The number of hydrogen-bond acceptors (Lipinski definition) is 6. The molecule has 2 aromatic heterocycles. The number of pyridine rings is 2. The average molecular weight is 481 g/mol. The molecule has 0 radical (unpaired) electrons. The number of aryl methyl sites for hydroxylation is 1. The molecular weight excluding hydrogens is 452 g/mol. The zero-order valence-corrected chi connectivity index (χ0v) is 20.5. The van der Waals surface area contributed by atoms with E-state index in [0.717, 1.165) is 22.6 Å². The molecule has 0 spiro atoms. The second kappa shape index (κ2) is 9.77. The van der Waals surface area contributed by atoms with Crippen LogP contribution in [0.15, 0.2) is 89.5 Å². The van der Waals surface area contributed by atoms with Gasteiger partial charge in [0, 0.05) is 41.4 Å². The number of methoxy groups -OCH3 is 1. The Morgan fingerprint density at radius 3 is 2.50 bits per heavy atom. The number of benzene rings is 1. The Kier molecular flexibility index (Phi) is 6.38. The zero-order valence-electron chi connectivity index (χ0n) is 20.5. The summed E-state index contributed by atoms with van der Waals surface area (Å²) >= 11 is 0. The largest absolute Gasteiger partial charge is 0.497 e. The molecule has 5 rings (SSSR count). The van der Waals surface area contributed by atoms with Gasteiger partial charge in [-0.2, -0.15) is 0 Å². The molecule has 0 fully saturated rings. The molecule has 7 heteroatoms. The van der Waals surface area contributed by atoms with Gasteiger partial charge in [-0.1, -0.05) is 24.3 Å². The summed E-state index contributed by atoms with van der Waals surface area (Å²) in [5.74, 6) is 0.440. The van der Waals surface area contributed by atoms with Gasteiger partial charge in [-0.25, -0.2) is 4.98 Å². The molecule has 1 amide bonds. The van der Waals surface area contributed by atoms with Gasteiger partial charge in [-0.05, 0) is 67.6 Å². The number of amides is 1. The number of dihydropyridines is 1. The van der Waals surface area contributed by atoms with E-state index in [0.29, 0.717) is 41.2 Å². The van der Waals surface area contributed by atoms with Crippen LogP contribution in [0.3, 0.4) is 0 Å². The Labute approximate surface area is 210 Å². The third-order valence-electron chi connectivity index (χ3n) is 6.80. The van der Waals surface area contributed by atoms with Crippen molar-refractivity contribution in [1.82, 2.24) is 15.3 Å². The highest BCUT2D eigenvalue weighted by atomic mass is 16.5. The maximum Gasteiger partial charge on any atom is 0.255 e. The van der Waals surface area contributed by atoms with Crippen LogP contribution in [0.25, 0.3) is 0 Å². The van der Waals surface area contributed by atoms with Crippen LogP contribution in [0, 0.1) is 6.92 Å². The van der Waals surface area contributed by atoms with Crippen LogP contribution < -0.4 is 15.4 Å². The highest BCUT2D eigenvalue weighted by Crippen LogP contribution is 2.45. The van der Waals surface area contributed by atoms with E-state index in [4.69, 9.17) is 4.74 Å². The van der Waals surface area contributed by atoms with Gasteiger partial charge in [-0.3, -0.25) is 14.6 Å². The number of allylic oxidation sites excluding steroid dienone is 3. The Balaban J connectivity index is 1.51. The lowest BCUT2D eigenvalue weighted by Crippen LogP contribution is -2.37. The third-order valence-corrected chi connectivity index (χ3v) is 6.80. The van der Waals surface area contributed by atoms with E-state index < -0.39 is 5.92 Å². The monoisotopic (exact) mass is 480 g/mol. The summed E-state index contributed by atoms with van der Waals surface area (Å²) in [5, 5.41) is 6.30. The quantitative estimate of drug-likeness (QED) is 0.545. The van der Waals surface area contributed by atoms with Gasteiger partial charge in [0.25, 0.3) is 5.91 Å². The number of anilines is 1. The lowest BCUT2D eigenvalue weighted by atomic mass is 9.72. The standard InChI is InChI=1S/C29H28N4O3/c1-17-7-12-25(31-16-17)33-29(35)26-18(2)32-23-14-20(19-8-10-21(36-3)11-9-19)15-24(34)27(23)28(26)22-6-4-5-13-30-22/h4-13,16,20,28,32H,14-15H2,1-3H3,(H,31,33,35)/t20-,28-/m1/s1. The molecule has 3 heterocycles. The zero-order chi connectivity index (χ0) is 25.2. The molecule has 2 N–H and O–H groups in total. The number of rotatable bonds is 5. The minimum Gasteiger partial charge on any atom is -0.497 e. The van der Waals surface area contributed by atoms with E-state index in [2.05, 4.69) is 20.6 Å². The summed E-state index contributed by atoms with van der Waals surface area (Å²) in [5.41, 5.74) is 5.41. The summed E-state index contributed by atoms with van der Waals surface area (Å²) in [6.45, 7) is 3.81. The van der Waals surface area contributed by atoms with Crippen molar-refractivity contribution in [2.75, 3.05) is 12.4 Å². The Morgan fingerprint density at radius 1 is 1.03 bits per heavy atom. The molecule has 0 saturated heterocycles. The molecule has 2 aliphatic rings. The second-order valence-electron chi connectivity index (χ2n) is 9.22. The predicted molar refractivity (Wildman–Crippen MR) is 137 cm³/mol. The van der Waals surface area contributed by atoms with Crippen molar-refractivity contribution in [2.24, 2.45) is 0 Å². The number of ketones is 1. The first-order valence-electron chi connectivity index (χ1n) is 12.0. The Bertz CT molecular complexity index is 1360. The third kappa shape index (κ3) is 4.52. The molecule has 1 aromatic carbocycles. The molecule has 0 bridgehead atoms. The Morgan fingerprint density at radius 2 is 1.83 bits per heavy atom. The molecule has 182 valence electrons. The van der Waals surface area contributed by atoms with Gasteiger partial charge < -0.3 is 15.4 Å². The number of nitrogens with one attached hydrogen (secondary N) is 2. The minimum atomic E-state index is -0.558. The average Bonchev–Trinajstić information content (AvgIpc) is 2.89. The van der Waals surface area contributed by atoms with E-state index >= 15 is 0 Å². The van der Waals surface area contributed by atoms with Gasteiger partial charge in [0.05, 0.1) is 18.7 Å². The maximum atomic E-state index is 13.7. The number of carbonyl (C=O) groups is 2. The van der Waals surface area contributed by atoms with E-state index in [9.17, 15) is 9.59 Å². The topological polar surface area (TPSA) is 93.2 Å². The molecule has 7 nitrogen and oxygen atoms in total. The number of ether oxygens (including phenoxy) is 1. The lowest BCUT2D eigenvalue weighted by molar-refractivity contribution is -0.116. The van der Waals surface area contributed by atoms with Crippen LogP contribution in [0.5, 0.6) is 5.75 Å². The van der Waals surface area contributed by atoms with E-state index in [1.165, 1.54) is 0 Å². The first-order chi connectivity index (χ1) is 17.4. The second-order valence-corrected chi connectivity index (χ2v) is 9.22. The van der Waals surface area contributed by atoms with Crippen LogP contribution in [-0.4, -0.2) is 28.8 Å². The van der Waals surface area contributed by atoms with Crippen LogP contribution in [0.1, 0.15) is 48.4 Å². The van der Waals surface area contributed by atoms with Crippen molar-refractivity contribution in [3.05, 3.63) is 106 Å². The van der Waals surface area contributed by atoms with E-state index in [1.807, 2.05) is 62.4 Å². The van der Waals surface area contributed by atoms with Crippen LogP contribution in [-0.2, 0) is 9.59 Å². The van der Waals surface area contributed by atoms with Crippen molar-refractivity contribution in [2.45, 2.75) is 38.5 Å². The van der Waals surface area contributed by atoms with Gasteiger partial charge in [0.15, 0.2) is 5.78 Å². The Hall–Kier alpha value is -4.26. The summed E-state index contributed by atoms with van der Waals surface area (Å²) in [7, 11) is 1.64. The van der Waals surface area contributed by atoms with Crippen LogP contribution in [0.2, 0.25) is 0 Å². The van der Waals surface area contributed by atoms with Crippen molar-refractivity contribution >= 4 is 17.5 Å². The van der Waals surface area contributed by atoms with Crippen LogP contribution in [0.4, 0.5) is 5.82 Å². The summed E-state index contributed by atoms with van der Waals surface area (Å²) < 4.78 is 5.28. The molecule has 36 heavy (non-hydrogen) atoms. The number of Topliss-reactive ketones (excluding diaryl/α,β-unsaturated/α-hetero) is 1. The molecule has 1 aliphatic heterocycles. The summed E-state index contributed by atoms with van der Waals surface area (Å²) in [6, 6.07) is 17.1. The minimum absolute atomic E-state index is 0.0199. The van der Waals surface area contributed by atoms with Crippen molar-refractivity contribution in [3.63, 3.8) is 0 Å². The van der Waals surface area contributed by atoms with Crippen molar-refractivity contribution in [3.8, 4) is 5.75 Å². The number of nitrogens with zero attached hydrogens (tertiary/aromatic N) is 2. The van der Waals surface area contributed by atoms with Gasteiger partial charge in [0.1, 0.15) is 11.6 Å². The van der Waals surface area contributed by atoms with Crippen molar-refractivity contribution in [1.29, 1.82) is 0 Å². The summed E-state index contributed by atoms with van der Waals surface area (Å²) in [4.78, 5) is 36.1. The fourth-order valence-electron chi connectivity index (χ4n) is 5.02. The fraction of sp³-hybridized carbons (Fsp3) is 0.241.